The van der Waals surface area contributed by atoms with Crippen molar-refractivity contribution in [3.05, 3.63) is 12.2 Å². The van der Waals surface area contributed by atoms with Crippen LogP contribution in [0.5, 0.6) is 0 Å². The molecule has 0 aromatic heterocycles. The zero-order valence-corrected chi connectivity index (χ0v) is 17.1. The van der Waals surface area contributed by atoms with Crippen LogP contribution in [0, 0.1) is 33.5 Å². The first-order valence-electron chi connectivity index (χ1n) is 9.39. The molecule has 4 nitrogen and oxygen atoms in total. The molecule has 2 aliphatic carbocycles. The van der Waals surface area contributed by atoms with Crippen LogP contribution < -0.4 is 0 Å². The molecule has 0 amide bonds. The van der Waals surface area contributed by atoms with Crippen molar-refractivity contribution in [3.8, 4) is 0 Å². The summed E-state index contributed by atoms with van der Waals surface area (Å²) in [5.41, 5.74) is -2.73. The highest BCUT2D eigenvalue weighted by molar-refractivity contribution is 5.92. The van der Waals surface area contributed by atoms with Gasteiger partial charge in [0.1, 0.15) is 0 Å². The first-order valence-corrected chi connectivity index (χ1v) is 9.39. The van der Waals surface area contributed by atoms with Crippen molar-refractivity contribution in [1.82, 2.24) is 0 Å². The lowest BCUT2D eigenvalue weighted by Gasteiger charge is -2.50. The molecule has 0 spiro atoms. The largest absolute Gasteiger partial charge is 0.465 e. The molecule has 0 aromatic carbocycles. The topological polar surface area (TPSA) is 52.6 Å². The second kappa shape index (κ2) is 6.14. The first kappa shape index (κ1) is 20.0. The van der Waals surface area contributed by atoms with Gasteiger partial charge in [0, 0.05) is 10.8 Å². The molecule has 0 aromatic rings. The van der Waals surface area contributed by atoms with Gasteiger partial charge in [0.05, 0.1) is 24.0 Å². The van der Waals surface area contributed by atoms with Crippen LogP contribution in [0.15, 0.2) is 12.2 Å². The van der Waals surface area contributed by atoms with E-state index in [0.717, 1.165) is 6.42 Å². The van der Waals surface area contributed by atoms with Crippen LogP contribution in [0.4, 0.5) is 0 Å². The standard InChI is InChI=1S/C21H34O4/c1-14(2)11-24-16(22)20(7)18(5)9-10-19(6,13-18)21(20,8)17(23)25-12-15(3)4/h9-10,14-15H,11-13H2,1-8H3. The van der Waals surface area contributed by atoms with Gasteiger partial charge in [0.15, 0.2) is 0 Å². The van der Waals surface area contributed by atoms with E-state index in [2.05, 4.69) is 26.0 Å². The second-order valence-corrected chi connectivity index (χ2v) is 9.58. The molecule has 0 heterocycles. The number of ether oxygens (including phenoxy) is 2. The Morgan fingerprint density at radius 3 is 1.40 bits per heavy atom. The van der Waals surface area contributed by atoms with Gasteiger partial charge in [-0.1, -0.05) is 53.7 Å². The fourth-order valence-electron chi connectivity index (χ4n) is 4.73. The Morgan fingerprint density at radius 1 is 0.800 bits per heavy atom. The lowest BCUT2D eigenvalue weighted by molar-refractivity contribution is -0.188. The van der Waals surface area contributed by atoms with E-state index in [0.29, 0.717) is 13.2 Å². The summed E-state index contributed by atoms with van der Waals surface area (Å²) in [5, 5.41) is 0. The summed E-state index contributed by atoms with van der Waals surface area (Å²) < 4.78 is 11.3. The molecule has 4 atom stereocenters. The number of hydrogen-bond donors (Lipinski definition) is 0. The third kappa shape index (κ3) is 2.63. The summed E-state index contributed by atoms with van der Waals surface area (Å²) in [4.78, 5) is 26.4. The van der Waals surface area contributed by atoms with Crippen molar-refractivity contribution in [2.45, 2.75) is 61.8 Å². The van der Waals surface area contributed by atoms with Crippen LogP contribution in [0.1, 0.15) is 61.8 Å². The van der Waals surface area contributed by atoms with Crippen LogP contribution >= 0.6 is 0 Å². The third-order valence-electron chi connectivity index (χ3n) is 6.75. The number of allylic oxidation sites excluding steroid dienone is 2. The van der Waals surface area contributed by atoms with Gasteiger partial charge >= 0.3 is 11.9 Å². The Balaban J connectivity index is 2.45. The molecule has 1 fully saturated rings. The molecule has 142 valence electrons. The van der Waals surface area contributed by atoms with Crippen molar-refractivity contribution in [2.24, 2.45) is 33.5 Å². The quantitative estimate of drug-likeness (QED) is 0.527. The fourth-order valence-corrected chi connectivity index (χ4v) is 4.73. The maximum absolute atomic E-state index is 13.2. The minimum Gasteiger partial charge on any atom is -0.465 e. The lowest BCUT2D eigenvalue weighted by atomic mass is 9.52. The van der Waals surface area contributed by atoms with Gasteiger partial charge in [-0.3, -0.25) is 9.59 Å². The van der Waals surface area contributed by atoms with Crippen LogP contribution in [0.25, 0.3) is 0 Å². The molecular formula is C21H34O4. The zero-order chi connectivity index (χ0) is 19.3. The highest BCUT2D eigenvalue weighted by Gasteiger charge is 2.78. The maximum atomic E-state index is 13.2. The van der Waals surface area contributed by atoms with Gasteiger partial charge in [-0.05, 0) is 32.1 Å². The van der Waals surface area contributed by atoms with Gasteiger partial charge in [-0.25, -0.2) is 0 Å². The molecule has 0 radical (unpaired) electrons. The average Bonchev–Trinajstić information content (AvgIpc) is 2.91. The number of esters is 2. The summed E-state index contributed by atoms with van der Waals surface area (Å²) in [6, 6.07) is 0. The molecule has 2 rings (SSSR count). The third-order valence-corrected chi connectivity index (χ3v) is 6.75. The van der Waals surface area contributed by atoms with Crippen molar-refractivity contribution in [3.63, 3.8) is 0 Å². The monoisotopic (exact) mass is 350 g/mol. The average molecular weight is 350 g/mol. The molecule has 4 unspecified atom stereocenters. The molecule has 0 aliphatic heterocycles. The SMILES string of the molecule is CC(C)COC(=O)C1(C)C2(C)C=CC(C)(C2)C1(C)C(=O)OCC(C)C. The first-order chi connectivity index (χ1) is 11.3. The number of carbonyl (C=O) groups is 2. The van der Waals surface area contributed by atoms with E-state index < -0.39 is 21.7 Å². The predicted molar refractivity (Wildman–Crippen MR) is 97.8 cm³/mol. The van der Waals surface area contributed by atoms with Gasteiger partial charge in [-0.15, -0.1) is 0 Å². The van der Waals surface area contributed by atoms with E-state index in [1.807, 2.05) is 41.5 Å². The van der Waals surface area contributed by atoms with Crippen LogP contribution in [0.2, 0.25) is 0 Å². The highest BCUT2D eigenvalue weighted by atomic mass is 16.5. The predicted octanol–water partition coefficient (Wildman–Crippen LogP) is 4.38. The highest BCUT2D eigenvalue weighted by Crippen LogP contribution is 2.75. The Labute approximate surface area is 152 Å². The van der Waals surface area contributed by atoms with E-state index >= 15 is 0 Å². The van der Waals surface area contributed by atoms with Crippen molar-refractivity contribution >= 4 is 11.9 Å². The van der Waals surface area contributed by atoms with Gasteiger partial charge < -0.3 is 9.47 Å². The van der Waals surface area contributed by atoms with Crippen LogP contribution in [0.3, 0.4) is 0 Å². The summed E-state index contributed by atoms with van der Waals surface area (Å²) >= 11 is 0. The molecule has 25 heavy (non-hydrogen) atoms. The molecular weight excluding hydrogens is 316 g/mol. The molecule has 2 aliphatic rings. The lowest BCUT2D eigenvalue weighted by Crippen LogP contribution is -2.58. The second-order valence-electron chi connectivity index (χ2n) is 9.58. The number of carbonyl (C=O) groups excluding carboxylic acids is 2. The van der Waals surface area contributed by atoms with Crippen molar-refractivity contribution in [1.29, 1.82) is 0 Å². The maximum Gasteiger partial charge on any atom is 0.313 e. The Hall–Kier alpha value is -1.32. The normalized spacial score (nSPS) is 39.3. The van der Waals surface area contributed by atoms with Gasteiger partial charge in [0.25, 0.3) is 0 Å². The van der Waals surface area contributed by atoms with Crippen LogP contribution in [-0.4, -0.2) is 25.2 Å². The molecule has 1 saturated carbocycles. The molecule has 0 saturated heterocycles. The van der Waals surface area contributed by atoms with Crippen molar-refractivity contribution in [2.75, 3.05) is 13.2 Å². The van der Waals surface area contributed by atoms with E-state index in [1.165, 1.54) is 0 Å². The number of hydrogen-bond acceptors (Lipinski definition) is 4. The Kier molecular flexibility index (Phi) is 4.91. The minimum absolute atomic E-state index is 0.254. The van der Waals surface area contributed by atoms with E-state index in [-0.39, 0.29) is 23.8 Å². The molecule has 0 N–H and O–H groups in total. The summed E-state index contributed by atoms with van der Waals surface area (Å²) in [6.07, 6.45) is 4.95. The molecule has 2 bridgehead atoms. The fraction of sp³-hybridized carbons (Fsp3) is 0.810. The number of rotatable bonds is 6. The minimum atomic E-state index is -0.952. The summed E-state index contributed by atoms with van der Waals surface area (Å²) in [5.74, 6) is -0.0741. The van der Waals surface area contributed by atoms with Crippen LogP contribution in [-0.2, 0) is 19.1 Å². The summed E-state index contributed by atoms with van der Waals surface area (Å²) in [7, 11) is 0. The van der Waals surface area contributed by atoms with E-state index in [1.54, 1.807) is 0 Å². The molecule has 4 heteroatoms. The Bertz CT molecular complexity index is 543. The van der Waals surface area contributed by atoms with E-state index in [9.17, 15) is 9.59 Å². The smallest absolute Gasteiger partial charge is 0.313 e. The zero-order valence-electron chi connectivity index (χ0n) is 17.1. The van der Waals surface area contributed by atoms with Gasteiger partial charge in [0.2, 0.25) is 0 Å². The summed E-state index contributed by atoms with van der Waals surface area (Å²) in [6.45, 7) is 16.7. The van der Waals surface area contributed by atoms with E-state index in [4.69, 9.17) is 9.47 Å². The van der Waals surface area contributed by atoms with Crippen molar-refractivity contribution < 1.29 is 19.1 Å². The number of fused-ring (bicyclic) bond motifs is 2. The van der Waals surface area contributed by atoms with Gasteiger partial charge in [-0.2, -0.15) is 0 Å². The Morgan fingerprint density at radius 2 is 1.12 bits per heavy atom.